The first-order valence-electron chi connectivity index (χ1n) is 3.97. The smallest absolute Gasteiger partial charge is 0.134 e. The van der Waals surface area contributed by atoms with Gasteiger partial charge in [0, 0.05) is 5.33 Å². The van der Waals surface area contributed by atoms with E-state index in [-0.39, 0.29) is 0 Å². The zero-order chi connectivity index (χ0) is 10.0. The minimum Gasteiger partial charge on any atom is -0.224 e. The van der Waals surface area contributed by atoms with Gasteiger partial charge in [0.05, 0.1) is 0 Å². The molecule has 0 aliphatic carbocycles. The summed E-state index contributed by atoms with van der Waals surface area (Å²) in [6.45, 7) is 4.17. The monoisotopic (exact) mass is 281 g/mol. The molecule has 0 aliphatic heterocycles. The largest absolute Gasteiger partial charge is 0.224 e. The summed E-state index contributed by atoms with van der Waals surface area (Å²) in [5.74, 6) is 0.366. The molecule has 0 spiro atoms. The minimum atomic E-state index is 0.366. The average molecular weight is 283 g/mol. The number of halogens is 3. The number of hydrogen-bond donors (Lipinski definition) is 0. The van der Waals surface area contributed by atoms with E-state index in [2.05, 4.69) is 34.8 Å². The van der Waals surface area contributed by atoms with Crippen molar-refractivity contribution in [1.82, 2.24) is 4.98 Å². The molecule has 4 heteroatoms. The topological polar surface area (TPSA) is 12.9 Å². The Morgan fingerprint density at radius 2 is 2.08 bits per heavy atom. The second-order valence-corrected chi connectivity index (χ2v) is 4.40. The fourth-order valence-corrected chi connectivity index (χ4v) is 2.41. The van der Waals surface area contributed by atoms with E-state index in [1.54, 1.807) is 0 Å². The van der Waals surface area contributed by atoms with Crippen LogP contribution in [0.5, 0.6) is 0 Å². The predicted molar refractivity (Wildman–Crippen MR) is 61.0 cm³/mol. The van der Waals surface area contributed by atoms with Crippen LogP contribution in [0, 0.1) is 0 Å². The second-order valence-electron chi connectivity index (χ2n) is 3.10. The molecule has 72 valence electrons. The lowest BCUT2D eigenvalue weighted by Gasteiger charge is -2.12. The van der Waals surface area contributed by atoms with Crippen molar-refractivity contribution in [2.24, 2.45) is 0 Å². The molecular formula is C9H10BrCl2N. The maximum Gasteiger partial charge on any atom is 0.134 e. The van der Waals surface area contributed by atoms with Crippen LogP contribution in [0.3, 0.4) is 0 Å². The van der Waals surface area contributed by atoms with E-state index in [9.17, 15) is 0 Å². The zero-order valence-electron chi connectivity index (χ0n) is 7.44. The molecule has 0 radical (unpaired) electrons. The molecule has 0 atom stereocenters. The number of rotatable bonds is 2. The van der Waals surface area contributed by atoms with Crippen LogP contribution in [0.1, 0.15) is 30.9 Å². The van der Waals surface area contributed by atoms with Crippen molar-refractivity contribution in [3.63, 3.8) is 0 Å². The molecule has 1 aromatic rings. The van der Waals surface area contributed by atoms with Crippen molar-refractivity contribution >= 4 is 39.1 Å². The highest BCUT2D eigenvalue weighted by Crippen LogP contribution is 2.29. The van der Waals surface area contributed by atoms with Crippen LogP contribution < -0.4 is 0 Å². The molecule has 0 saturated heterocycles. The van der Waals surface area contributed by atoms with Gasteiger partial charge in [-0.1, -0.05) is 53.0 Å². The van der Waals surface area contributed by atoms with Crippen molar-refractivity contribution in [2.75, 3.05) is 0 Å². The normalized spacial score (nSPS) is 10.9. The lowest BCUT2D eigenvalue weighted by Crippen LogP contribution is -1.98. The minimum absolute atomic E-state index is 0.366. The van der Waals surface area contributed by atoms with Gasteiger partial charge in [-0.05, 0) is 23.1 Å². The van der Waals surface area contributed by atoms with Gasteiger partial charge in [-0.2, -0.15) is 0 Å². The second kappa shape index (κ2) is 4.63. The molecular weight excluding hydrogens is 273 g/mol. The first-order valence-corrected chi connectivity index (χ1v) is 5.84. The Bertz CT molecular complexity index is 313. The molecule has 0 saturated carbocycles. The summed E-state index contributed by atoms with van der Waals surface area (Å²) in [4.78, 5) is 4.01. The summed E-state index contributed by atoms with van der Waals surface area (Å²) in [5, 5.41) is 1.71. The van der Waals surface area contributed by atoms with Crippen molar-refractivity contribution in [3.05, 3.63) is 27.5 Å². The van der Waals surface area contributed by atoms with Crippen molar-refractivity contribution in [1.29, 1.82) is 0 Å². The van der Waals surface area contributed by atoms with Gasteiger partial charge in [0.1, 0.15) is 10.3 Å². The Kier molecular flexibility index (Phi) is 4.02. The molecule has 0 bridgehead atoms. The lowest BCUT2D eigenvalue weighted by atomic mass is 10.0. The van der Waals surface area contributed by atoms with Gasteiger partial charge in [-0.3, -0.25) is 0 Å². The van der Waals surface area contributed by atoms with Crippen LogP contribution >= 0.6 is 39.1 Å². The summed E-state index contributed by atoms with van der Waals surface area (Å²) in [7, 11) is 0. The molecule has 0 fully saturated rings. The lowest BCUT2D eigenvalue weighted by molar-refractivity contribution is 0.847. The highest BCUT2D eigenvalue weighted by Gasteiger charge is 2.12. The summed E-state index contributed by atoms with van der Waals surface area (Å²) in [6, 6.07) is 1.84. The Morgan fingerprint density at radius 1 is 1.46 bits per heavy atom. The van der Waals surface area contributed by atoms with Crippen LogP contribution in [0.2, 0.25) is 10.3 Å². The first-order chi connectivity index (χ1) is 6.06. The van der Waals surface area contributed by atoms with Crippen molar-refractivity contribution < 1.29 is 0 Å². The zero-order valence-corrected chi connectivity index (χ0v) is 10.5. The standard InChI is InChI=1S/C9H10BrCl2N/c1-5(2)8-6(4-10)3-7(11)13-9(8)12/h3,5H,4H2,1-2H3. The van der Waals surface area contributed by atoms with Crippen LogP contribution in [0.4, 0.5) is 0 Å². The van der Waals surface area contributed by atoms with Crippen LogP contribution in [0.25, 0.3) is 0 Å². The van der Waals surface area contributed by atoms with Crippen molar-refractivity contribution in [3.8, 4) is 0 Å². The molecule has 0 aromatic carbocycles. The molecule has 0 aliphatic rings. The third kappa shape index (κ3) is 2.58. The number of aromatic nitrogens is 1. The average Bonchev–Trinajstić information content (AvgIpc) is 2.01. The summed E-state index contributed by atoms with van der Waals surface area (Å²) in [5.41, 5.74) is 2.18. The Balaban J connectivity index is 3.30. The Hall–Kier alpha value is 0.210. The van der Waals surface area contributed by atoms with E-state index in [4.69, 9.17) is 23.2 Å². The highest BCUT2D eigenvalue weighted by atomic mass is 79.9. The van der Waals surface area contributed by atoms with E-state index in [1.165, 1.54) is 0 Å². The van der Waals surface area contributed by atoms with Crippen LogP contribution in [0.15, 0.2) is 6.07 Å². The maximum absolute atomic E-state index is 5.99. The van der Waals surface area contributed by atoms with Crippen LogP contribution in [-0.2, 0) is 5.33 Å². The Labute approximate surface area is 96.6 Å². The molecule has 1 heterocycles. The van der Waals surface area contributed by atoms with Crippen molar-refractivity contribution in [2.45, 2.75) is 25.1 Å². The van der Waals surface area contributed by atoms with E-state index in [0.29, 0.717) is 16.2 Å². The molecule has 1 rings (SSSR count). The summed E-state index contributed by atoms with van der Waals surface area (Å²) >= 11 is 15.2. The van der Waals surface area contributed by atoms with Gasteiger partial charge >= 0.3 is 0 Å². The third-order valence-corrected chi connectivity index (χ3v) is 2.87. The van der Waals surface area contributed by atoms with Gasteiger partial charge in [0.15, 0.2) is 0 Å². The first kappa shape index (κ1) is 11.3. The van der Waals surface area contributed by atoms with Gasteiger partial charge in [-0.15, -0.1) is 0 Å². The van der Waals surface area contributed by atoms with Gasteiger partial charge in [0.25, 0.3) is 0 Å². The van der Waals surface area contributed by atoms with Crippen LogP contribution in [-0.4, -0.2) is 4.98 Å². The van der Waals surface area contributed by atoms with Gasteiger partial charge < -0.3 is 0 Å². The highest BCUT2D eigenvalue weighted by molar-refractivity contribution is 9.08. The fourth-order valence-electron chi connectivity index (χ4n) is 1.26. The quantitative estimate of drug-likeness (QED) is 0.578. The number of hydrogen-bond acceptors (Lipinski definition) is 1. The summed E-state index contributed by atoms with van der Waals surface area (Å²) in [6.07, 6.45) is 0. The molecule has 0 amide bonds. The number of pyridine rings is 1. The van der Waals surface area contributed by atoms with E-state index in [0.717, 1.165) is 16.5 Å². The fraction of sp³-hybridized carbons (Fsp3) is 0.444. The maximum atomic E-state index is 5.99. The number of nitrogens with zero attached hydrogens (tertiary/aromatic N) is 1. The third-order valence-electron chi connectivity index (χ3n) is 1.79. The van der Waals surface area contributed by atoms with Gasteiger partial charge in [-0.25, -0.2) is 4.98 Å². The predicted octanol–water partition coefficient (Wildman–Crippen LogP) is 4.41. The SMILES string of the molecule is CC(C)c1c(CBr)cc(Cl)nc1Cl. The number of alkyl halides is 1. The molecule has 0 N–H and O–H groups in total. The molecule has 0 unspecified atom stereocenters. The summed E-state index contributed by atoms with van der Waals surface area (Å²) < 4.78 is 0. The van der Waals surface area contributed by atoms with E-state index < -0.39 is 0 Å². The van der Waals surface area contributed by atoms with E-state index >= 15 is 0 Å². The molecule has 1 aromatic heterocycles. The Morgan fingerprint density at radius 3 is 2.54 bits per heavy atom. The molecule has 1 nitrogen and oxygen atoms in total. The van der Waals surface area contributed by atoms with E-state index in [1.807, 2.05) is 6.07 Å². The molecule has 13 heavy (non-hydrogen) atoms. The van der Waals surface area contributed by atoms with Gasteiger partial charge in [0.2, 0.25) is 0 Å².